The van der Waals surface area contributed by atoms with Crippen LogP contribution in [-0.4, -0.2) is 53.3 Å². The molecule has 0 bridgehead atoms. The van der Waals surface area contributed by atoms with Gasteiger partial charge in [0.1, 0.15) is 12.1 Å². The first kappa shape index (κ1) is 14.5. The summed E-state index contributed by atoms with van der Waals surface area (Å²) < 4.78 is 0. The molecular weight excluding hydrogens is 286 g/mol. The van der Waals surface area contributed by atoms with Gasteiger partial charge in [0.15, 0.2) is 0 Å². The van der Waals surface area contributed by atoms with Crippen molar-refractivity contribution < 1.29 is 9.59 Å². The van der Waals surface area contributed by atoms with E-state index in [4.69, 9.17) is 0 Å². The van der Waals surface area contributed by atoms with Gasteiger partial charge in [-0.1, -0.05) is 19.4 Å². The summed E-state index contributed by atoms with van der Waals surface area (Å²) in [4.78, 5) is 30.0. The molecule has 0 unspecified atom stereocenters. The van der Waals surface area contributed by atoms with E-state index in [-0.39, 0.29) is 23.9 Å². The number of hydrogen-bond donors (Lipinski definition) is 1. The largest absolute Gasteiger partial charge is 0.342 e. The van der Waals surface area contributed by atoms with Gasteiger partial charge in [-0.05, 0) is 17.9 Å². The maximum absolute atomic E-state index is 12.4. The zero-order valence-corrected chi connectivity index (χ0v) is 13.1. The van der Waals surface area contributed by atoms with Gasteiger partial charge < -0.3 is 10.2 Å². The summed E-state index contributed by atoms with van der Waals surface area (Å²) in [7, 11) is 0. The van der Waals surface area contributed by atoms with E-state index in [1.54, 1.807) is 16.2 Å². The van der Waals surface area contributed by atoms with Crippen LogP contribution < -0.4 is 5.32 Å². The van der Waals surface area contributed by atoms with Gasteiger partial charge in [-0.25, -0.2) is 0 Å². The number of nitrogens with zero attached hydrogens (tertiary/aromatic N) is 2. The molecule has 1 aromatic heterocycles. The van der Waals surface area contributed by atoms with Crippen molar-refractivity contribution in [2.75, 3.05) is 19.6 Å². The molecule has 0 saturated carbocycles. The smallest absolute Gasteiger partial charge is 0.245 e. The number of nitrogens with one attached hydrogen (secondary N) is 1. The van der Waals surface area contributed by atoms with Crippen LogP contribution in [0.15, 0.2) is 17.5 Å². The summed E-state index contributed by atoms with van der Waals surface area (Å²) in [5.41, 5.74) is 0. The van der Waals surface area contributed by atoms with Crippen LogP contribution in [0, 0.1) is 0 Å². The summed E-state index contributed by atoms with van der Waals surface area (Å²) in [6, 6.07) is 3.52. The lowest BCUT2D eigenvalue weighted by Gasteiger charge is -2.45. The minimum atomic E-state index is -0.320. The Balaban J connectivity index is 1.66. The highest BCUT2D eigenvalue weighted by atomic mass is 32.1. The molecule has 2 fully saturated rings. The van der Waals surface area contributed by atoms with Gasteiger partial charge in [-0.15, -0.1) is 11.3 Å². The molecule has 2 aliphatic rings. The molecule has 3 heterocycles. The summed E-state index contributed by atoms with van der Waals surface area (Å²) in [5, 5.41) is 4.96. The highest BCUT2D eigenvalue weighted by molar-refractivity contribution is 7.09. The molecule has 6 heteroatoms. The van der Waals surface area contributed by atoms with Crippen molar-refractivity contribution in [2.24, 2.45) is 0 Å². The molecule has 0 spiro atoms. The second-order valence-corrected chi connectivity index (χ2v) is 6.74. The SMILES string of the molecule is CCC[C@@H]1NC(=O)[C@H]2CN(Cc3cccs3)CCN2C1=O. The Morgan fingerprint density at radius 1 is 1.38 bits per heavy atom. The second-order valence-electron chi connectivity index (χ2n) is 5.71. The first-order chi connectivity index (χ1) is 10.2. The number of carbonyl (C=O) groups is 2. The molecule has 2 aliphatic heterocycles. The lowest BCUT2D eigenvalue weighted by atomic mass is 10.0. The first-order valence-electron chi connectivity index (χ1n) is 7.54. The van der Waals surface area contributed by atoms with E-state index in [1.807, 2.05) is 13.0 Å². The van der Waals surface area contributed by atoms with E-state index in [1.165, 1.54) is 4.88 Å². The molecule has 2 saturated heterocycles. The molecular formula is C15H21N3O2S. The molecule has 0 aromatic carbocycles. The number of thiophene rings is 1. The second kappa shape index (κ2) is 6.15. The van der Waals surface area contributed by atoms with E-state index in [2.05, 4.69) is 21.7 Å². The number of piperazine rings is 2. The van der Waals surface area contributed by atoms with Gasteiger partial charge in [-0.2, -0.15) is 0 Å². The number of rotatable bonds is 4. The topological polar surface area (TPSA) is 52.7 Å². The zero-order chi connectivity index (χ0) is 14.8. The minimum Gasteiger partial charge on any atom is -0.342 e. The summed E-state index contributed by atoms with van der Waals surface area (Å²) >= 11 is 1.73. The quantitative estimate of drug-likeness (QED) is 0.905. The Morgan fingerprint density at radius 2 is 2.24 bits per heavy atom. The van der Waals surface area contributed by atoms with E-state index in [0.29, 0.717) is 13.1 Å². The van der Waals surface area contributed by atoms with Crippen LogP contribution in [-0.2, 0) is 16.1 Å². The van der Waals surface area contributed by atoms with Gasteiger partial charge in [0.25, 0.3) is 0 Å². The molecule has 1 N–H and O–H groups in total. The van der Waals surface area contributed by atoms with Crippen LogP contribution in [0.3, 0.4) is 0 Å². The van der Waals surface area contributed by atoms with Crippen molar-refractivity contribution in [3.05, 3.63) is 22.4 Å². The standard InChI is InChI=1S/C15H21N3O2S/c1-2-4-12-15(20)18-7-6-17(9-11-5-3-8-21-11)10-13(18)14(19)16-12/h3,5,8,12-13H,2,4,6-7,9-10H2,1H3,(H,16,19)/t12-,13+/m0/s1. The van der Waals surface area contributed by atoms with Gasteiger partial charge in [0, 0.05) is 31.1 Å². The van der Waals surface area contributed by atoms with E-state index >= 15 is 0 Å². The highest BCUT2D eigenvalue weighted by Gasteiger charge is 2.42. The minimum absolute atomic E-state index is 0.00364. The average molecular weight is 307 g/mol. The first-order valence-corrected chi connectivity index (χ1v) is 8.42. The van der Waals surface area contributed by atoms with Crippen molar-refractivity contribution in [3.63, 3.8) is 0 Å². The van der Waals surface area contributed by atoms with Crippen molar-refractivity contribution in [1.29, 1.82) is 0 Å². The van der Waals surface area contributed by atoms with Crippen LogP contribution in [0.4, 0.5) is 0 Å². The number of carbonyl (C=O) groups excluding carboxylic acids is 2. The predicted molar refractivity (Wildman–Crippen MR) is 81.9 cm³/mol. The molecule has 2 atom stereocenters. The monoisotopic (exact) mass is 307 g/mol. The maximum atomic E-state index is 12.4. The Bertz CT molecular complexity index is 517. The van der Waals surface area contributed by atoms with Crippen molar-refractivity contribution in [3.8, 4) is 0 Å². The van der Waals surface area contributed by atoms with E-state index < -0.39 is 0 Å². The van der Waals surface area contributed by atoms with Gasteiger partial charge in [-0.3, -0.25) is 14.5 Å². The van der Waals surface area contributed by atoms with Crippen LogP contribution in [0.5, 0.6) is 0 Å². The fraction of sp³-hybridized carbons (Fsp3) is 0.600. The van der Waals surface area contributed by atoms with Crippen LogP contribution in [0.1, 0.15) is 24.6 Å². The molecule has 21 heavy (non-hydrogen) atoms. The highest BCUT2D eigenvalue weighted by Crippen LogP contribution is 2.20. The van der Waals surface area contributed by atoms with Crippen molar-refractivity contribution in [2.45, 2.75) is 38.4 Å². The van der Waals surface area contributed by atoms with Crippen LogP contribution >= 0.6 is 11.3 Å². The van der Waals surface area contributed by atoms with Gasteiger partial charge in [0.2, 0.25) is 11.8 Å². The Morgan fingerprint density at radius 3 is 2.95 bits per heavy atom. The van der Waals surface area contributed by atoms with Crippen LogP contribution in [0.2, 0.25) is 0 Å². The fourth-order valence-electron chi connectivity index (χ4n) is 3.11. The van der Waals surface area contributed by atoms with Gasteiger partial charge >= 0.3 is 0 Å². The lowest BCUT2D eigenvalue weighted by molar-refractivity contribution is -0.153. The summed E-state index contributed by atoms with van der Waals surface area (Å²) in [6.45, 7) is 5.02. The lowest BCUT2D eigenvalue weighted by Crippen LogP contribution is -2.69. The Hall–Kier alpha value is -1.40. The van der Waals surface area contributed by atoms with E-state index in [0.717, 1.165) is 25.9 Å². The third kappa shape index (κ3) is 2.96. The normalized spacial score (nSPS) is 26.6. The third-order valence-corrected chi connectivity index (χ3v) is 5.06. The van der Waals surface area contributed by atoms with Crippen molar-refractivity contribution in [1.82, 2.24) is 15.1 Å². The Kier molecular flexibility index (Phi) is 4.26. The number of fused-ring (bicyclic) bond motifs is 1. The summed E-state index contributed by atoms with van der Waals surface area (Å²) in [5.74, 6) is 0.0983. The molecule has 0 aliphatic carbocycles. The molecule has 3 rings (SSSR count). The molecule has 114 valence electrons. The summed E-state index contributed by atoms with van der Waals surface area (Å²) in [6.07, 6.45) is 1.63. The van der Waals surface area contributed by atoms with Crippen molar-refractivity contribution >= 4 is 23.2 Å². The van der Waals surface area contributed by atoms with Crippen LogP contribution in [0.25, 0.3) is 0 Å². The molecule has 2 amide bonds. The molecule has 5 nitrogen and oxygen atoms in total. The zero-order valence-electron chi connectivity index (χ0n) is 12.2. The number of amides is 2. The Labute approximate surface area is 128 Å². The molecule has 1 aromatic rings. The fourth-order valence-corrected chi connectivity index (χ4v) is 3.85. The number of hydrogen-bond acceptors (Lipinski definition) is 4. The molecule has 0 radical (unpaired) electrons. The van der Waals surface area contributed by atoms with E-state index in [9.17, 15) is 9.59 Å². The third-order valence-electron chi connectivity index (χ3n) is 4.20. The average Bonchev–Trinajstić information content (AvgIpc) is 2.98. The predicted octanol–water partition coefficient (Wildman–Crippen LogP) is 1.06. The maximum Gasteiger partial charge on any atom is 0.245 e. The van der Waals surface area contributed by atoms with Gasteiger partial charge in [0.05, 0.1) is 0 Å².